The number of ketones is 2. The number of anilines is 2. The van der Waals surface area contributed by atoms with Crippen LogP contribution in [0.25, 0.3) is 16.8 Å². The number of nitrogens with one attached hydrogen (secondary N) is 1. The number of fused-ring (bicyclic) bond motifs is 8. The molecule has 0 saturated carbocycles. The molecule has 0 bridgehead atoms. The molecule has 39 heavy (non-hydrogen) atoms. The van der Waals surface area contributed by atoms with E-state index in [1.807, 2.05) is 65.6 Å². The quantitative estimate of drug-likeness (QED) is 0.369. The topological polar surface area (TPSA) is 75.7 Å². The molecule has 1 saturated heterocycles. The van der Waals surface area contributed by atoms with E-state index in [1.165, 1.54) is 6.92 Å². The molecule has 0 aliphatic carbocycles. The van der Waals surface area contributed by atoms with Gasteiger partial charge in [-0.05, 0) is 47.5 Å². The van der Waals surface area contributed by atoms with Crippen molar-refractivity contribution in [2.45, 2.75) is 24.4 Å². The highest BCUT2D eigenvalue weighted by Gasteiger charge is 2.69. The SMILES string of the molecule is COc1cccc(C(=O)[C@@H]2[C@H](C(C)=O)N3c4ccc5ccccc5c4C=C[C@@H]3[C@]23C(=O)Nc2ccccc23)c1. The summed E-state index contributed by atoms with van der Waals surface area (Å²) in [6.45, 7) is 1.52. The lowest BCUT2D eigenvalue weighted by Gasteiger charge is -2.38. The van der Waals surface area contributed by atoms with Crippen LogP contribution in [0, 0.1) is 5.92 Å². The number of rotatable bonds is 4. The van der Waals surface area contributed by atoms with Crippen LogP contribution >= 0.6 is 0 Å². The number of amides is 1. The largest absolute Gasteiger partial charge is 0.497 e. The number of nitrogens with zero attached hydrogens (tertiary/aromatic N) is 1. The number of hydrogen-bond acceptors (Lipinski definition) is 5. The molecule has 0 aromatic heterocycles. The van der Waals surface area contributed by atoms with Crippen LogP contribution in [0.4, 0.5) is 11.4 Å². The van der Waals surface area contributed by atoms with Crippen molar-refractivity contribution in [3.8, 4) is 5.75 Å². The lowest BCUT2D eigenvalue weighted by Crippen LogP contribution is -2.51. The number of hydrogen-bond donors (Lipinski definition) is 1. The Labute approximate surface area is 225 Å². The van der Waals surface area contributed by atoms with Crippen molar-refractivity contribution < 1.29 is 19.1 Å². The van der Waals surface area contributed by atoms with Crippen molar-refractivity contribution in [2.75, 3.05) is 17.3 Å². The van der Waals surface area contributed by atoms with Crippen LogP contribution in [0.5, 0.6) is 5.75 Å². The second-order valence-electron chi connectivity index (χ2n) is 10.4. The molecule has 6 heteroatoms. The van der Waals surface area contributed by atoms with E-state index in [0.29, 0.717) is 17.0 Å². The number of para-hydroxylation sites is 1. The molecule has 3 aliphatic rings. The van der Waals surface area contributed by atoms with E-state index in [0.717, 1.165) is 27.6 Å². The van der Waals surface area contributed by atoms with Gasteiger partial charge in [0, 0.05) is 22.5 Å². The Morgan fingerprint density at radius 3 is 2.56 bits per heavy atom. The molecule has 192 valence electrons. The maximum atomic E-state index is 14.6. The molecule has 1 fully saturated rings. The fourth-order valence-corrected chi connectivity index (χ4v) is 7.04. The van der Waals surface area contributed by atoms with Crippen molar-refractivity contribution in [1.82, 2.24) is 0 Å². The van der Waals surface area contributed by atoms with Gasteiger partial charge in [0.1, 0.15) is 11.2 Å². The molecular weight excluding hydrogens is 488 g/mol. The summed E-state index contributed by atoms with van der Waals surface area (Å²) in [5.74, 6) is -1.11. The van der Waals surface area contributed by atoms with E-state index >= 15 is 0 Å². The summed E-state index contributed by atoms with van der Waals surface area (Å²) in [5.41, 5.74) is 2.35. The second-order valence-corrected chi connectivity index (χ2v) is 10.4. The zero-order valence-electron chi connectivity index (χ0n) is 21.5. The van der Waals surface area contributed by atoms with Crippen LogP contribution in [0.15, 0.2) is 91.0 Å². The summed E-state index contributed by atoms with van der Waals surface area (Å²) < 4.78 is 5.40. The van der Waals surface area contributed by atoms with E-state index in [4.69, 9.17) is 4.74 Å². The average Bonchev–Trinajstić information content (AvgIpc) is 3.45. The molecule has 6 nitrogen and oxygen atoms in total. The molecular formula is C33H26N2O4. The van der Waals surface area contributed by atoms with Crippen molar-refractivity contribution in [1.29, 1.82) is 0 Å². The molecule has 4 aromatic carbocycles. The summed E-state index contributed by atoms with van der Waals surface area (Å²) in [5, 5.41) is 5.19. The second kappa shape index (κ2) is 8.40. The minimum atomic E-state index is -1.30. The maximum Gasteiger partial charge on any atom is 0.238 e. The molecule has 3 aliphatic heterocycles. The maximum absolute atomic E-state index is 14.6. The highest BCUT2D eigenvalue weighted by molar-refractivity contribution is 6.17. The van der Waals surface area contributed by atoms with Crippen LogP contribution in [-0.4, -0.2) is 36.7 Å². The Kier molecular flexibility index (Phi) is 5.04. The first-order valence-corrected chi connectivity index (χ1v) is 13.0. The van der Waals surface area contributed by atoms with Crippen LogP contribution < -0.4 is 15.0 Å². The normalized spacial score (nSPS) is 24.3. The lowest BCUT2D eigenvalue weighted by molar-refractivity contribution is -0.122. The number of Topliss-reactive ketones (excluding diaryl/α,β-unsaturated/α-hetero) is 2. The van der Waals surface area contributed by atoms with E-state index in [9.17, 15) is 14.4 Å². The Morgan fingerprint density at radius 2 is 1.74 bits per heavy atom. The van der Waals surface area contributed by atoms with E-state index in [1.54, 1.807) is 31.4 Å². The van der Waals surface area contributed by atoms with Crippen molar-refractivity contribution in [2.24, 2.45) is 5.92 Å². The molecule has 7 rings (SSSR count). The monoisotopic (exact) mass is 514 g/mol. The fourth-order valence-electron chi connectivity index (χ4n) is 7.04. The van der Waals surface area contributed by atoms with Gasteiger partial charge < -0.3 is 15.0 Å². The first-order chi connectivity index (χ1) is 19.0. The Morgan fingerprint density at radius 1 is 0.949 bits per heavy atom. The molecule has 0 unspecified atom stereocenters. The number of methoxy groups -OCH3 is 1. The Balaban J connectivity index is 1.53. The Bertz CT molecular complexity index is 1740. The summed E-state index contributed by atoms with van der Waals surface area (Å²) in [6, 6.07) is 25.2. The zero-order chi connectivity index (χ0) is 26.9. The van der Waals surface area contributed by atoms with Crippen LogP contribution in [0.2, 0.25) is 0 Å². The minimum absolute atomic E-state index is 0.162. The summed E-state index contributed by atoms with van der Waals surface area (Å²) >= 11 is 0. The molecule has 1 N–H and O–H groups in total. The van der Waals surface area contributed by atoms with E-state index in [-0.39, 0.29) is 17.5 Å². The molecule has 3 heterocycles. The van der Waals surface area contributed by atoms with E-state index < -0.39 is 23.4 Å². The summed E-state index contributed by atoms with van der Waals surface area (Å²) in [4.78, 5) is 44.4. The lowest BCUT2D eigenvalue weighted by atomic mass is 9.64. The predicted octanol–water partition coefficient (Wildman–Crippen LogP) is 5.41. The van der Waals surface area contributed by atoms with Gasteiger partial charge in [-0.2, -0.15) is 0 Å². The van der Waals surface area contributed by atoms with Gasteiger partial charge in [-0.15, -0.1) is 0 Å². The van der Waals surface area contributed by atoms with Gasteiger partial charge in [0.05, 0.1) is 25.1 Å². The van der Waals surface area contributed by atoms with Crippen molar-refractivity contribution in [3.63, 3.8) is 0 Å². The molecule has 4 atom stereocenters. The van der Waals surface area contributed by atoms with Crippen LogP contribution in [0.3, 0.4) is 0 Å². The van der Waals surface area contributed by atoms with Crippen molar-refractivity contribution in [3.05, 3.63) is 108 Å². The number of benzene rings is 4. The van der Waals surface area contributed by atoms with E-state index in [2.05, 4.69) is 17.4 Å². The molecule has 1 amide bonds. The Hall–Kier alpha value is -4.71. The van der Waals surface area contributed by atoms with Crippen LogP contribution in [0.1, 0.15) is 28.4 Å². The molecule has 1 spiro atoms. The highest BCUT2D eigenvalue weighted by Crippen LogP contribution is 2.58. The summed E-state index contributed by atoms with van der Waals surface area (Å²) in [7, 11) is 1.55. The molecule has 0 radical (unpaired) electrons. The van der Waals surface area contributed by atoms with Gasteiger partial charge in [-0.1, -0.05) is 72.8 Å². The first-order valence-electron chi connectivity index (χ1n) is 13.0. The average molecular weight is 515 g/mol. The number of ether oxygens (including phenoxy) is 1. The van der Waals surface area contributed by atoms with Crippen molar-refractivity contribution >= 4 is 45.7 Å². The smallest absolute Gasteiger partial charge is 0.238 e. The fraction of sp³-hybridized carbons (Fsp3) is 0.182. The predicted molar refractivity (Wildman–Crippen MR) is 151 cm³/mol. The summed E-state index contributed by atoms with van der Waals surface area (Å²) in [6.07, 6.45) is 4.05. The third-order valence-corrected chi connectivity index (χ3v) is 8.59. The van der Waals surface area contributed by atoms with Gasteiger partial charge in [-0.25, -0.2) is 0 Å². The number of carbonyl (C=O) groups is 3. The van der Waals surface area contributed by atoms with Gasteiger partial charge in [0.15, 0.2) is 11.6 Å². The standard InChI is InChI=1S/C33H26N2O4/c1-19(36)30-29(31(37)21-9-7-10-22(18-21)39-2)33(25-12-5-6-13-26(25)34-32(33)38)28-17-15-24-23-11-4-3-8-20(23)14-16-27(24)35(28)30/h3-18,28-30H,1-2H3,(H,34,38)/t28-,29+,30+,33+/m1/s1. The highest BCUT2D eigenvalue weighted by atomic mass is 16.5. The first kappa shape index (κ1) is 23.4. The van der Waals surface area contributed by atoms with Crippen LogP contribution in [-0.2, 0) is 15.0 Å². The van der Waals surface area contributed by atoms with Gasteiger partial charge in [0.2, 0.25) is 5.91 Å². The zero-order valence-corrected chi connectivity index (χ0v) is 21.5. The minimum Gasteiger partial charge on any atom is -0.497 e. The number of carbonyl (C=O) groups excluding carboxylic acids is 3. The molecule has 4 aromatic rings. The third-order valence-electron chi connectivity index (χ3n) is 8.59. The van der Waals surface area contributed by atoms with Gasteiger partial charge in [-0.3, -0.25) is 14.4 Å². The van der Waals surface area contributed by atoms with Gasteiger partial charge in [0.25, 0.3) is 0 Å². The van der Waals surface area contributed by atoms with Gasteiger partial charge >= 0.3 is 0 Å². The third kappa shape index (κ3) is 3.05.